The quantitative estimate of drug-likeness (QED) is 0.0237. The number of alkyl carbamates (subject to hydrolysis) is 1. The van der Waals surface area contributed by atoms with Crippen LogP contribution in [0.5, 0.6) is 5.75 Å². The van der Waals surface area contributed by atoms with Crippen molar-refractivity contribution in [3.63, 3.8) is 0 Å². The monoisotopic (exact) mass is 1310 g/mol. The first-order chi connectivity index (χ1) is 44.0. The van der Waals surface area contributed by atoms with Crippen LogP contribution in [0.15, 0.2) is 76.7 Å². The van der Waals surface area contributed by atoms with Crippen molar-refractivity contribution < 1.29 is 77.3 Å². The number of amides is 3. The van der Waals surface area contributed by atoms with E-state index in [1.807, 2.05) is 56.1 Å². The Morgan fingerprint density at radius 1 is 0.902 bits per heavy atom. The molecule has 11 aliphatic rings. The van der Waals surface area contributed by atoms with E-state index in [-0.39, 0.29) is 48.2 Å². The molecule has 92 heavy (non-hydrogen) atoms. The second kappa shape index (κ2) is 23.4. The van der Waals surface area contributed by atoms with Gasteiger partial charge in [-0.1, -0.05) is 71.9 Å². The zero-order valence-electron chi connectivity index (χ0n) is 53.0. The highest BCUT2D eigenvalue weighted by Gasteiger charge is 2.80. The van der Waals surface area contributed by atoms with Crippen LogP contribution < -0.4 is 26.4 Å². The van der Waals surface area contributed by atoms with Gasteiger partial charge in [-0.25, -0.2) is 14.4 Å². The first kappa shape index (κ1) is 64.1. The Bertz CT molecular complexity index is 3620. The molecule has 2 aromatic rings. The van der Waals surface area contributed by atoms with Gasteiger partial charge in [-0.15, -0.1) is 0 Å². The number of nitrogens with one attached hydrogen (secondary N) is 1. The number of primary amides is 1. The third kappa shape index (κ3) is 9.09. The van der Waals surface area contributed by atoms with Crippen molar-refractivity contribution in [2.24, 2.45) is 28.7 Å². The van der Waals surface area contributed by atoms with E-state index < -0.39 is 124 Å². The Kier molecular flexibility index (Phi) is 16.3. The number of piperazine rings is 1. The van der Waals surface area contributed by atoms with Crippen LogP contribution in [0.4, 0.5) is 20.1 Å². The number of methoxy groups -OCH3 is 3. The number of fused-ring (bicyclic) bond motifs is 9. The summed E-state index contributed by atoms with van der Waals surface area (Å²) in [5, 5.41) is 41.4. The molecular weight excluding hydrogens is 1220 g/mol. The molecule has 24 nitrogen and oxygen atoms in total. The number of aliphatic hydroxyl groups is 3. The van der Waals surface area contributed by atoms with Gasteiger partial charge in [0.05, 0.1) is 55.8 Å². The van der Waals surface area contributed by atoms with Gasteiger partial charge in [0, 0.05) is 104 Å². The maximum Gasteiger partial charge on any atom is 0.410 e. The molecule has 2 unspecified atom stereocenters. The SMILES string of the molecule is CCC1(O)C[C@H]2CN(CCC3=C(Cc4ccccc43)[C@@](C(=O)OC)(c3cc4c(cc3OC)N(C)[C@H]3[C@@](O)(C(=O)CNC(=O)OCCSSCCOC(=O)N5[C@H]6[C@@H]5CN5C7=C(C(=O)C(N)=C(C)C7=O)[C@@H](COC(N)=O)[C@@]65OC)[C@H](O)[C@]5(CC)C=CCN6CC[C@]43[C@@H]65)C2)C1. The number of hydrogen-bond donors (Lipinski definition) is 6. The smallest absolute Gasteiger partial charge is 0.410 e. The molecule has 8 N–H and O–H groups in total. The molecule has 5 fully saturated rings. The van der Waals surface area contributed by atoms with Crippen LogP contribution in [0.25, 0.3) is 5.57 Å². The molecule has 1 saturated carbocycles. The number of allylic oxidation sites excluding steroid dienone is 2. The molecule has 0 aromatic heterocycles. The molecule has 3 aliphatic carbocycles. The fraction of sp³-hybridized carbons (Fsp3) is 0.591. The van der Waals surface area contributed by atoms with Crippen LogP contribution >= 0.6 is 21.6 Å². The van der Waals surface area contributed by atoms with Gasteiger partial charge in [-0.3, -0.25) is 33.9 Å². The zero-order chi connectivity index (χ0) is 65.4. The van der Waals surface area contributed by atoms with Gasteiger partial charge in [0.25, 0.3) is 0 Å². The van der Waals surface area contributed by atoms with Crippen LogP contribution in [0.1, 0.15) is 81.5 Å². The summed E-state index contributed by atoms with van der Waals surface area (Å²) in [6.07, 6.45) is 3.06. The van der Waals surface area contributed by atoms with E-state index in [0.29, 0.717) is 106 Å². The molecule has 13 rings (SSSR count). The van der Waals surface area contributed by atoms with Crippen LogP contribution in [-0.2, 0) is 60.1 Å². The maximum atomic E-state index is 15.6. The minimum Gasteiger partial charge on any atom is -0.496 e. The highest BCUT2D eigenvalue weighted by Crippen LogP contribution is 2.68. The fourth-order valence-corrected chi connectivity index (χ4v) is 20.7. The molecule has 3 amide bonds. The van der Waals surface area contributed by atoms with E-state index in [2.05, 4.69) is 33.3 Å². The molecule has 0 radical (unpaired) electrons. The Morgan fingerprint density at radius 2 is 1.65 bits per heavy atom. The molecule has 2 aromatic carbocycles. The molecule has 8 aliphatic heterocycles. The van der Waals surface area contributed by atoms with Gasteiger partial charge in [0.15, 0.2) is 17.1 Å². The topological polar surface area (TPSA) is 316 Å². The first-order valence-corrected chi connectivity index (χ1v) is 34.3. The van der Waals surface area contributed by atoms with E-state index in [4.69, 9.17) is 39.9 Å². The normalized spacial score (nSPS) is 35.2. The number of anilines is 1. The average Bonchev–Trinajstić information content (AvgIpc) is 1.47. The lowest BCUT2D eigenvalue weighted by atomic mass is 9.47. The van der Waals surface area contributed by atoms with E-state index in [0.717, 1.165) is 27.8 Å². The zero-order valence-corrected chi connectivity index (χ0v) is 54.6. The van der Waals surface area contributed by atoms with Crippen molar-refractivity contribution >= 4 is 74.4 Å². The number of rotatable bonds is 18. The van der Waals surface area contributed by atoms with Gasteiger partial charge >= 0.3 is 24.2 Å². The number of ether oxygens (including phenoxy) is 6. The van der Waals surface area contributed by atoms with Crippen LogP contribution in [0, 0.1) is 17.3 Å². The van der Waals surface area contributed by atoms with Crippen molar-refractivity contribution in [2.45, 2.75) is 124 Å². The van der Waals surface area contributed by atoms with E-state index in [1.54, 1.807) is 12.0 Å². The third-order valence-electron chi connectivity index (χ3n) is 22.8. The number of aliphatic hydroxyl groups excluding tert-OH is 1. The lowest BCUT2D eigenvalue weighted by Crippen LogP contribution is -2.81. The van der Waals surface area contributed by atoms with Gasteiger partial charge in [-0.2, -0.15) is 0 Å². The van der Waals surface area contributed by atoms with Crippen molar-refractivity contribution in [3.8, 4) is 5.75 Å². The third-order valence-corrected chi connectivity index (χ3v) is 25.1. The molecule has 1 spiro atoms. The summed E-state index contributed by atoms with van der Waals surface area (Å²) in [7, 11) is 8.95. The number of esters is 1. The second-order valence-corrected chi connectivity index (χ2v) is 29.4. The molecule has 8 heterocycles. The van der Waals surface area contributed by atoms with E-state index >= 15 is 9.59 Å². The number of Topliss-reactive ketones (excluding diaryl/α,β-unsaturated/α-hetero) is 3. The predicted octanol–water partition coefficient (Wildman–Crippen LogP) is 3.46. The largest absolute Gasteiger partial charge is 0.496 e. The second-order valence-electron chi connectivity index (χ2n) is 26.7. The number of likely N-dealkylation sites (N-methyl/N-ethyl adjacent to an activating group) is 1. The Morgan fingerprint density at radius 3 is 2.36 bits per heavy atom. The summed E-state index contributed by atoms with van der Waals surface area (Å²) < 4.78 is 34.9. The average molecular weight is 1310 g/mol. The highest BCUT2D eigenvalue weighted by molar-refractivity contribution is 8.76. The van der Waals surface area contributed by atoms with Crippen LogP contribution in [0.2, 0.25) is 0 Å². The number of hydrogen-bond acceptors (Lipinski definition) is 23. The van der Waals surface area contributed by atoms with Crippen molar-refractivity contribution in [1.29, 1.82) is 0 Å². The summed E-state index contributed by atoms with van der Waals surface area (Å²) in [5.41, 5.74) is 9.26. The maximum absolute atomic E-state index is 15.6. The number of nitrogens with zero attached hydrogens (tertiary/aromatic N) is 5. The predicted molar refractivity (Wildman–Crippen MR) is 339 cm³/mol. The minimum atomic E-state index is -2.48. The molecule has 2 bridgehead atoms. The minimum absolute atomic E-state index is 0.00611. The fourth-order valence-electron chi connectivity index (χ4n) is 19.1. The van der Waals surface area contributed by atoms with E-state index in [9.17, 15) is 39.3 Å². The van der Waals surface area contributed by atoms with Gasteiger partial charge in [0.1, 0.15) is 43.1 Å². The number of benzene rings is 2. The highest BCUT2D eigenvalue weighted by atomic mass is 33.1. The van der Waals surface area contributed by atoms with Gasteiger partial charge < -0.3 is 70.3 Å². The summed E-state index contributed by atoms with van der Waals surface area (Å²) >= 11 is 0. The van der Waals surface area contributed by atoms with Gasteiger partial charge in [-0.05, 0) is 98.2 Å². The Hall–Kier alpha value is -6.65. The number of carbonyl (C=O) groups excluding carboxylic acids is 7. The first-order valence-electron chi connectivity index (χ1n) is 31.8. The number of carbonyl (C=O) groups is 7. The van der Waals surface area contributed by atoms with Gasteiger partial charge in [0.2, 0.25) is 11.6 Å². The van der Waals surface area contributed by atoms with Crippen molar-refractivity contribution in [2.75, 3.05) is 110 Å². The standard InChI is InChI=1S/C66H82N8O16S2/c1-8-61(83)28-36-29-64(57(79)86-6,40-25-37-13-10-11-14-38(37)39(40)15-19-71(31-36)34-61)42-26-41-44(27-46(42)85-5)70(4)55-63(41)17-20-72-18-12-16-62(9-2,54(63)72)56(78)65(55,84)47(75)30-69-59(81)88-21-23-91-92-24-22-89-60(82)74-45-32-73-50-48(52(77)49(67)35(3)51(50)76)43(33-90-58(68)80)66(73,87-7)53(45)74/h10-14,16,26-27,36,43,45,53-56,78,83-84H,8-9,15,17-25,28-34,67H2,1-7H3,(H2,68,80)(H,69,81)/t36-,43-,45+,53+,54+,55-,56-,61?,62-,63-,64-,65+,66-,74?/m1/s1. The summed E-state index contributed by atoms with van der Waals surface area (Å²) in [6.45, 7) is 7.52. The summed E-state index contributed by atoms with van der Waals surface area (Å²) in [6, 6.07) is 9.75. The van der Waals surface area contributed by atoms with Crippen molar-refractivity contribution in [3.05, 3.63) is 98.9 Å². The number of nitrogens with two attached hydrogens (primary N) is 2. The molecule has 14 atom stereocenters. The van der Waals surface area contributed by atoms with E-state index in [1.165, 1.54) is 47.6 Å². The van der Waals surface area contributed by atoms with Crippen molar-refractivity contribution in [1.82, 2.24) is 24.9 Å². The number of piperidine rings is 1. The molecular formula is C66H82N8O16S2. The lowest BCUT2D eigenvalue weighted by molar-refractivity contribution is -0.201. The molecule has 494 valence electrons. The van der Waals surface area contributed by atoms with Crippen LogP contribution in [-0.4, -0.2) is 229 Å². The lowest BCUT2D eigenvalue weighted by Gasteiger charge is -2.63. The summed E-state index contributed by atoms with van der Waals surface area (Å²) in [4.78, 5) is 107. The molecule has 26 heteroatoms. The number of ketones is 3. The van der Waals surface area contributed by atoms with Crippen LogP contribution in [0.3, 0.4) is 0 Å². The Balaban J connectivity index is 0.696. The summed E-state index contributed by atoms with van der Waals surface area (Å²) in [5.74, 6) is -2.30. The Labute approximate surface area is 541 Å². The molecule has 4 saturated heterocycles.